The summed E-state index contributed by atoms with van der Waals surface area (Å²) in [5.41, 5.74) is 0.910. The average molecular weight is 182 g/mol. The number of aromatic nitrogens is 2. The minimum atomic E-state index is 0.283. The number of hydrogen-bond donors (Lipinski definition) is 0. The van der Waals surface area contributed by atoms with Crippen LogP contribution >= 0.6 is 0 Å². The second-order valence-corrected chi connectivity index (χ2v) is 2.96. The Kier molecular flexibility index (Phi) is 3.06. The minimum Gasteiger partial charge on any atom is -0.481 e. The number of methoxy groups -OCH3 is 2. The van der Waals surface area contributed by atoms with Crippen molar-refractivity contribution in [1.82, 2.24) is 9.97 Å². The highest BCUT2D eigenvalue weighted by Crippen LogP contribution is 2.30. The van der Waals surface area contributed by atoms with E-state index in [0.29, 0.717) is 11.8 Å². The van der Waals surface area contributed by atoms with E-state index < -0.39 is 0 Å². The molecule has 0 amide bonds. The van der Waals surface area contributed by atoms with E-state index in [1.807, 2.05) is 13.8 Å². The van der Waals surface area contributed by atoms with Crippen LogP contribution in [0.25, 0.3) is 0 Å². The summed E-state index contributed by atoms with van der Waals surface area (Å²) in [5.74, 6) is 1.45. The van der Waals surface area contributed by atoms with E-state index in [1.54, 1.807) is 14.2 Å². The lowest BCUT2D eigenvalue weighted by Gasteiger charge is -2.12. The van der Waals surface area contributed by atoms with Crippen LogP contribution in [0.2, 0.25) is 0 Å². The molecule has 4 nitrogen and oxygen atoms in total. The molecule has 0 spiro atoms. The molecule has 0 saturated heterocycles. The quantitative estimate of drug-likeness (QED) is 0.712. The van der Waals surface area contributed by atoms with Crippen molar-refractivity contribution in [3.05, 3.63) is 11.9 Å². The monoisotopic (exact) mass is 182 g/mol. The first-order chi connectivity index (χ1) is 6.20. The van der Waals surface area contributed by atoms with Gasteiger partial charge < -0.3 is 9.47 Å². The lowest BCUT2D eigenvalue weighted by Crippen LogP contribution is -2.02. The molecule has 0 fully saturated rings. The van der Waals surface area contributed by atoms with E-state index in [2.05, 4.69) is 9.97 Å². The van der Waals surface area contributed by atoms with Gasteiger partial charge in [-0.15, -0.1) is 0 Å². The zero-order chi connectivity index (χ0) is 9.84. The molecule has 1 aromatic heterocycles. The van der Waals surface area contributed by atoms with Gasteiger partial charge in [0.25, 0.3) is 0 Å². The zero-order valence-electron chi connectivity index (χ0n) is 8.37. The molecule has 0 aliphatic rings. The number of ether oxygens (including phenoxy) is 2. The third-order valence-electron chi connectivity index (χ3n) is 1.77. The third-order valence-corrected chi connectivity index (χ3v) is 1.77. The molecular weight excluding hydrogens is 168 g/mol. The molecular formula is C9H14N2O2. The Bertz CT molecular complexity index is 265. The SMILES string of the molecule is COc1ncnc(OC)c1C(C)C. The van der Waals surface area contributed by atoms with Gasteiger partial charge in [-0.2, -0.15) is 0 Å². The van der Waals surface area contributed by atoms with Crippen LogP contribution in [0, 0.1) is 0 Å². The lowest BCUT2D eigenvalue weighted by atomic mass is 10.1. The van der Waals surface area contributed by atoms with Crippen LogP contribution in [0.3, 0.4) is 0 Å². The van der Waals surface area contributed by atoms with Crippen molar-refractivity contribution in [3.8, 4) is 11.8 Å². The highest BCUT2D eigenvalue weighted by atomic mass is 16.5. The molecule has 0 radical (unpaired) electrons. The van der Waals surface area contributed by atoms with Crippen LogP contribution in [0.5, 0.6) is 11.8 Å². The Hall–Kier alpha value is -1.32. The summed E-state index contributed by atoms with van der Waals surface area (Å²) >= 11 is 0. The predicted octanol–water partition coefficient (Wildman–Crippen LogP) is 1.62. The molecule has 0 aliphatic carbocycles. The minimum absolute atomic E-state index is 0.283. The standard InChI is InChI=1S/C9H14N2O2/c1-6(2)7-8(12-3)10-5-11-9(7)13-4/h5-6H,1-4H3. The fraction of sp³-hybridized carbons (Fsp3) is 0.556. The summed E-state index contributed by atoms with van der Waals surface area (Å²) in [6, 6.07) is 0. The van der Waals surface area contributed by atoms with E-state index in [-0.39, 0.29) is 5.92 Å². The van der Waals surface area contributed by atoms with Gasteiger partial charge in [-0.05, 0) is 5.92 Å². The van der Waals surface area contributed by atoms with Gasteiger partial charge in [0.05, 0.1) is 19.8 Å². The summed E-state index contributed by atoms with van der Waals surface area (Å²) in [7, 11) is 3.18. The molecule has 0 saturated carbocycles. The summed E-state index contributed by atoms with van der Waals surface area (Å²) in [6.07, 6.45) is 1.43. The Morgan fingerprint density at radius 2 is 1.54 bits per heavy atom. The molecule has 1 aromatic rings. The van der Waals surface area contributed by atoms with E-state index >= 15 is 0 Å². The molecule has 0 aromatic carbocycles. The van der Waals surface area contributed by atoms with Crippen LogP contribution in [0.1, 0.15) is 25.3 Å². The lowest BCUT2D eigenvalue weighted by molar-refractivity contribution is 0.358. The number of nitrogens with zero attached hydrogens (tertiary/aromatic N) is 2. The van der Waals surface area contributed by atoms with Crippen molar-refractivity contribution in [2.24, 2.45) is 0 Å². The summed E-state index contributed by atoms with van der Waals surface area (Å²) < 4.78 is 10.2. The van der Waals surface area contributed by atoms with Gasteiger partial charge in [-0.3, -0.25) is 0 Å². The van der Waals surface area contributed by atoms with Crippen LogP contribution in [0.4, 0.5) is 0 Å². The van der Waals surface area contributed by atoms with E-state index in [0.717, 1.165) is 5.56 Å². The third kappa shape index (κ3) is 1.88. The summed E-state index contributed by atoms with van der Waals surface area (Å²) in [6.45, 7) is 4.09. The van der Waals surface area contributed by atoms with Gasteiger partial charge >= 0.3 is 0 Å². The molecule has 0 bridgehead atoms. The normalized spacial score (nSPS) is 10.2. The van der Waals surface area contributed by atoms with Crippen LogP contribution in [-0.2, 0) is 0 Å². The first kappa shape index (κ1) is 9.77. The second-order valence-electron chi connectivity index (χ2n) is 2.96. The first-order valence-corrected chi connectivity index (χ1v) is 4.13. The molecule has 1 heterocycles. The molecule has 0 N–H and O–H groups in total. The Morgan fingerprint density at radius 1 is 1.08 bits per heavy atom. The van der Waals surface area contributed by atoms with Gasteiger partial charge in [0.2, 0.25) is 11.8 Å². The zero-order valence-corrected chi connectivity index (χ0v) is 8.37. The molecule has 72 valence electrons. The van der Waals surface area contributed by atoms with Gasteiger partial charge in [0.15, 0.2) is 0 Å². The molecule has 13 heavy (non-hydrogen) atoms. The molecule has 1 rings (SSSR count). The van der Waals surface area contributed by atoms with Gasteiger partial charge in [0.1, 0.15) is 6.33 Å². The smallest absolute Gasteiger partial charge is 0.223 e. The topological polar surface area (TPSA) is 44.2 Å². The Labute approximate surface area is 77.9 Å². The van der Waals surface area contributed by atoms with Gasteiger partial charge in [-0.25, -0.2) is 9.97 Å². The Balaban J connectivity index is 3.21. The van der Waals surface area contributed by atoms with Crippen molar-refractivity contribution in [1.29, 1.82) is 0 Å². The van der Waals surface area contributed by atoms with Crippen molar-refractivity contribution < 1.29 is 9.47 Å². The highest BCUT2D eigenvalue weighted by molar-refractivity contribution is 5.36. The Morgan fingerprint density at radius 3 is 1.85 bits per heavy atom. The maximum Gasteiger partial charge on any atom is 0.223 e. The van der Waals surface area contributed by atoms with Crippen molar-refractivity contribution in [2.45, 2.75) is 19.8 Å². The maximum absolute atomic E-state index is 5.12. The van der Waals surface area contributed by atoms with E-state index in [9.17, 15) is 0 Å². The molecule has 0 atom stereocenters. The van der Waals surface area contributed by atoms with Crippen LogP contribution in [0.15, 0.2) is 6.33 Å². The van der Waals surface area contributed by atoms with Gasteiger partial charge in [0, 0.05) is 0 Å². The first-order valence-electron chi connectivity index (χ1n) is 4.13. The highest BCUT2D eigenvalue weighted by Gasteiger charge is 2.15. The van der Waals surface area contributed by atoms with E-state index in [4.69, 9.17) is 9.47 Å². The van der Waals surface area contributed by atoms with Crippen molar-refractivity contribution >= 4 is 0 Å². The van der Waals surface area contributed by atoms with Crippen LogP contribution in [-0.4, -0.2) is 24.2 Å². The second kappa shape index (κ2) is 4.07. The summed E-state index contributed by atoms with van der Waals surface area (Å²) in [4.78, 5) is 8.03. The van der Waals surface area contributed by atoms with Gasteiger partial charge in [-0.1, -0.05) is 13.8 Å². The largest absolute Gasteiger partial charge is 0.481 e. The maximum atomic E-state index is 5.12. The summed E-state index contributed by atoms with van der Waals surface area (Å²) in [5, 5.41) is 0. The van der Waals surface area contributed by atoms with Crippen molar-refractivity contribution in [3.63, 3.8) is 0 Å². The van der Waals surface area contributed by atoms with E-state index in [1.165, 1.54) is 6.33 Å². The molecule has 4 heteroatoms. The predicted molar refractivity (Wildman–Crippen MR) is 49.2 cm³/mol. The average Bonchev–Trinajstić information content (AvgIpc) is 2.16. The number of hydrogen-bond acceptors (Lipinski definition) is 4. The van der Waals surface area contributed by atoms with Crippen LogP contribution < -0.4 is 9.47 Å². The fourth-order valence-electron chi connectivity index (χ4n) is 1.18. The van der Waals surface area contributed by atoms with Crippen molar-refractivity contribution in [2.75, 3.05) is 14.2 Å². The number of rotatable bonds is 3. The molecule has 0 aliphatic heterocycles. The molecule has 0 unspecified atom stereocenters. The fourth-order valence-corrected chi connectivity index (χ4v) is 1.18.